The largest absolute Gasteiger partial charge is 0.489 e. The first-order valence-electron chi connectivity index (χ1n) is 4.61. The van der Waals surface area contributed by atoms with Gasteiger partial charge in [-0.15, -0.1) is 0 Å². The second-order valence-corrected chi connectivity index (χ2v) is 3.52. The van der Waals surface area contributed by atoms with E-state index in [1.807, 2.05) is 27.0 Å². The van der Waals surface area contributed by atoms with Crippen molar-refractivity contribution in [1.82, 2.24) is 14.8 Å². The molecular formula is C10H13N3O. The van der Waals surface area contributed by atoms with Gasteiger partial charge in [0.2, 0.25) is 0 Å². The van der Waals surface area contributed by atoms with Crippen LogP contribution in [0.2, 0.25) is 0 Å². The van der Waals surface area contributed by atoms with E-state index in [1.165, 1.54) is 0 Å². The monoisotopic (exact) mass is 191 g/mol. The maximum Gasteiger partial charge on any atom is 0.157 e. The van der Waals surface area contributed by atoms with Gasteiger partial charge in [0.15, 0.2) is 5.65 Å². The van der Waals surface area contributed by atoms with Crippen LogP contribution in [0.5, 0.6) is 5.75 Å². The molecule has 2 heterocycles. The average molecular weight is 191 g/mol. The summed E-state index contributed by atoms with van der Waals surface area (Å²) in [6.45, 7) is 3.99. The van der Waals surface area contributed by atoms with E-state index >= 15 is 0 Å². The van der Waals surface area contributed by atoms with Crippen LogP contribution < -0.4 is 4.74 Å². The third-order valence-electron chi connectivity index (χ3n) is 1.92. The summed E-state index contributed by atoms with van der Waals surface area (Å²) in [6, 6.07) is 1.95. The minimum atomic E-state index is 0.172. The first-order chi connectivity index (χ1) is 6.66. The summed E-state index contributed by atoms with van der Waals surface area (Å²) in [5, 5.41) is 5.12. The SMILES string of the molecule is CC(C)Oc1cnc2c(cnn2C)c1. The van der Waals surface area contributed by atoms with E-state index in [-0.39, 0.29) is 6.10 Å². The number of hydrogen-bond acceptors (Lipinski definition) is 3. The summed E-state index contributed by atoms with van der Waals surface area (Å²) < 4.78 is 7.28. The topological polar surface area (TPSA) is 39.9 Å². The number of aryl methyl sites for hydroxylation is 1. The van der Waals surface area contributed by atoms with Crippen molar-refractivity contribution in [3.05, 3.63) is 18.5 Å². The molecule has 4 nitrogen and oxygen atoms in total. The van der Waals surface area contributed by atoms with Gasteiger partial charge in [0, 0.05) is 12.4 Å². The normalized spacial score (nSPS) is 11.1. The molecule has 0 saturated heterocycles. The first kappa shape index (κ1) is 8.99. The fourth-order valence-electron chi connectivity index (χ4n) is 1.36. The lowest BCUT2D eigenvalue weighted by Gasteiger charge is -2.08. The molecule has 0 bridgehead atoms. The highest BCUT2D eigenvalue weighted by Gasteiger charge is 2.03. The number of hydrogen-bond donors (Lipinski definition) is 0. The number of rotatable bonds is 2. The van der Waals surface area contributed by atoms with Gasteiger partial charge in [0.25, 0.3) is 0 Å². The molecule has 0 unspecified atom stereocenters. The van der Waals surface area contributed by atoms with Crippen LogP contribution >= 0.6 is 0 Å². The molecule has 0 amide bonds. The molecule has 0 aliphatic rings. The van der Waals surface area contributed by atoms with Crippen molar-refractivity contribution in [3.63, 3.8) is 0 Å². The summed E-state index contributed by atoms with van der Waals surface area (Å²) in [5.74, 6) is 0.792. The molecule has 0 atom stereocenters. The zero-order valence-corrected chi connectivity index (χ0v) is 8.56. The van der Waals surface area contributed by atoms with Gasteiger partial charge in [0.1, 0.15) is 5.75 Å². The van der Waals surface area contributed by atoms with Crippen LogP contribution in [0.4, 0.5) is 0 Å². The first-order valence-corrected chi connectivity index (χ1v) is 4.61. The zero-order chi connectivity index (χ0) is 10.1. The van der Waals surface area contributed by atoms with Crippen molar-refractivity contribution in [1.29, 1.82) is 0 Å². The molecule has 4 heteroatoms. The van der Waals surface area contributed by atoms with Crippen LogP contribution in [0, 0.1) is 0 Å². The molecule has 2 aromatic heterocycles. The molecule has 0 saturated carbocycles. The van der Waals surface area contributed by atoms with Gasteiger partial charge in [-0.3, -0.25) is 4.68 Å². The number of fused-ring (bicyclic) bond motifs is 1. The lowest BCUT2D eigenvalue weighted by atomic mass is 10.3. The highest BCUT2D eigenvalue weighted by molar-refractivity contribution is 5.75. The lowest BCUT2D eigenvalue weighted by molar-refractivity contribution is 0.242. The molecular weight excluding hydrogens is 178 g/mol. The zero-order valence-electron chi connectivity index (χ0n) is 8.56. The summed E-state index contributed by atoms with van der Waals surface area (Å²) >= 11 is 0. The quantitative estimate of drug-likeness (QED) is 0.726. The summed E-state index contributed by atoms with van der Waals surface area (Å²) in [7, 11) is 1.87. The van der Waals surface area contributed by atoms with Crippen molar-refractivity contribution in [2.24, 2.45) is 7.05 Å². The Hall–Kier alpha value is -1.58. The van der Waals surface area contributed by atoms with Crippen LogP contribution in [0.15, 0.2) is 18.5 Å². The number of aromatic nitrogens is 3. The second kappa shape index (κ2) is 3.29. The molecule has 0 aliphatic carbocycles. The Kier molecular flexibility index (Phi) is 2.11. The smallest absolute Gasteiger partial charge is 0.157 e. The van der Waals surface area contributed by atoms with E-state index < -0.39 is 0 Å². The van der Waals surface area contributed by atoms with Crippen LogP contribution in [0.3, 0.4) is 0 Å². The van der Waals surface area contributed by atoms with Gasteiger partial charge in [-0.05, 0) is 19.9 Å². The minimum absolute atomic E-state index is 0.172. The van der Waals surface area contributed by atoms with E-state index in [9.17, 15) is 0 Å². The van der Waals surface area contributed by atoms with Gasteiger partial charge in [-0.25, -0.2) is 4.98 Å². The molecule has 0 spiro atoms. The van der Waals surface area contributed by atoms with Crippen LogP contribution in [-0.2, 0) is 7.05 Å². The summed E-state index contributed by atoms with van der Waals surface area (Å²) in [6.07, 6.45) is 3.69. The maximum atomic E-state index is 5.53. The van der Waals surface area contributed by atoms with E-state index in [0.29, 0.717) is 0 Å². The van der Waals surface area contributed by atoms with E-state index in [1.54, 1.807) is 17.1 Å². The molecule has 0 radical (unpaired) electrons. The lowest BCUT2D eigenvalue weighted by Crippen LogP contribution is -2.05. The van der Waals surface area contributed by atoms with Crippen LogP contribution in [0.1, 0.15) is 13.8 Å². The van der Waals surface area contributed by atoms with Crippen molar-refractivity contribution in [3.8, 4) is 5.75 Å². The van der Waals surface area contributed by atoms with E-state index in [4.69, 9.17) is 4.74 Å². The Labute approximate surface area is 82.5 Å². The molecule has 14 heavy (non-hydrogen) atoms. The maximum absolute atomic E-state index is 5.53. The minimum Gasteiger partial charge on any atom is -0.489 e. The standard InChI is InChI=1S/C10H13N3O/c1-7(2)14-9-4-8-5-12-13(3)10(8)11-6-9/h4-7H,1-3H3. The van der Waals surface area contributed by atoms with Gasteiger partial charge in [-0.2, -0.15) is 5.10 Å². The highest BCUT2D eigenvalue weighted by atomic mass is 16.5. The number of nitrogens with zero attached hydrogens (tertiary/aromatic N) is 3. The molecule has 0 N–H and O–H groups in total. The molecule has 0 aromatic carbocycles. The fourth-order valence-corrected chi connectivity index (χ4v) is 1.36. The fraction of sp³-hybridized carbons (Fsp3) is 0.400. The van der Waals surface area contributed by atoms with E-state index in [0.717, 1.165) is 16.8 Å². The van der Waals surface area contributed by atoms with Gasteiger partial charge in [0.05, 0.1) is 18.5 Å². The van der Waals surface area contributed by atoms with Gasteiger partial charge >= 0.3 is 0 Å². The van der Waals surface area contributed by atoms with Gasteiger partial charge in [-0.1, -0.05) is 0 Å². The molecule has 74 valence electrons. The van der Waals surface area contributed by atoms with Gasteiger partial charge < -0.3 is 4.74 Å². The Morgan fingerprint density at radius 1 is 1.36 bits per heavy atom. The van der Waals surface area contributed by atoms with Crippen molar-refractivity contribution < 1.29 is 4.74 Å². The third-order valence-corrected chi connectivity index (χ3v) is 1.92. The average Bonchev–Trinajstić information content (AvgIpc) is 2.46. The number of pyridine rings is 1. The predicted octanol–water partition coefficient (Wildman–Crippen LogP) is 1.76. The Bertz CT molecular complexity index is 448. The molecule has 2 aromatic rings. The van der Waals surface area contributed by atoms with Crippen molar-refractivity contribution in [2.75, 3.05) is 0 Å². The Morgan fingerprint density at radius 2 is 2.14 bits per heavy atom. The number of ether oxygens (including phenoxy) is 1. The van der Waals surface area contributed by atoms with E-state index in [2.05, 4.69) is 10.1 Å². The third kappa shape index (κ3) is 1.55. The summed E-state index contributed by atoms with van der Waals surface area (Å²) in [5.41, 5.74) is 0.876. The van der Waals surface area contributed by atoms with Crippen LogP contribution in [0.25, 0.3) is 11.0 Å². The Morgan fingerprint density at radius 3 is 2.86 bits per heavy atom. The molecule has 0 fully saturated rings. The Balaban J connectivity index is 2.42. The van der Waals surface area contributed by atoms with Crippen molar-refractivity contribution in [2.45, 2.75) is 20.0 Å². The molecule has 0 aliphatic heterocycles. The summed E-state index contributed by atoms with van der Waals surface area (Å²) in [4.78, 5) is 4.27. The van der Waals surface area contributed by atoms with Crippen molar-refractivity contribution >= 4 is 11.0 Å². The second-order valence-electron chi connectivity index (χ2n) is 3.52. The van der Waals surface area contributed by atoms with Crippen LogP contribution in [-0.4, -0.2) is 20.9 Å². The molecule has 2 rings (SSSR count). The highest BCUT2D eigenvalue weighted by Crippen LogP contribution is 2.18. The predicted molar refractivity (Wildman–Crippen MR) is 54.3 cm³/mol.